The molecule has 0 aliphatic rings. The van der Waals surface area contributed by atoms with Gasteiger partial charge in [0.15, 0.2) is 5.82 Å². The SMILES string of the molecule is CCn1c(Oc2ccc3cc[nH]c3c2)nnc1[C@@H](C)NS(=O)(=O)c1ccc(C(C)(C)C)cc1. The molecule has 0 fully saturated rings. The van der Waals surface area contributed by atoms with Gasteiger partial charge in [0.1, 0.15) is 5.75 Å². The fourth-order valence-electron chi connectivity index (χ4n) is 3.68. The number of nitrogens with zero attached hydrogens (tertiary/aromatic N) is 3. The lowest BCUT2D eigenvalue weighted by atomic mass is 9.87. The first-order valence-electron chi connectivity index (χ1n) is 10.9. The number of fused-ring (bicyclic) bond motifs is 1. The molecule has 33 heavy (non-hydrogen) atoms. The van der Waals surface area contributed by atoms with Crippen LogP contribution in [0.3, 0.4) is 0 Å². The minimum Gasteiger partial charge on any atom is -0.424 e. The molecule has 4 rings (SSSR count). The van der Waals surface area contributed by atoms with E-state index in [0.717, 1.165) is 16.5 Å². The summed E-state index contributed by atoms with van der Waals surface area (Å²) in [6.45, 7) is 10.5. The van der Waals surface area contributed by atoms with Crippen molar-refractivity contribution in [2.75, 3.05) is 0 Å². The molecule has 174 valence electrons. The summed E-state index contributed by atoms with van der Waals surface area (Å²) in [4.78, 5) is 3.36. The highest BCUT2D eigenvalue weighted by molar-refractivity contribution is 7.89. The van der Waals surface area contributed by atoms with E-state index in [4.69, 9.17) is 4.74 Å². The number of hydrogen-bond donors (Lipinski definition) is 2. The van der Waals surface area contributed by atoms with Crippen LogP contribution < -0.4 is 9.46 Å². The van der Waals surface area contributed by atoms with Crippen molar-refractivity contribution in [1.82, 2.24) is 24.5 Å². The number of hydrogen-bond acceptors (Lipinski definition) is 5. The third-order valence-electron chi connectivity index (χ3n) is 5.55. The van der Waals surface area contributed by atoms with Gasteiger partial charge in [-0.25, -0.2) is 13.1 Å². The Balaban J connectivity index is 1.54. The second-order valence-corrected chi connectivity index (χ2v) is 10.7. The highest BCUT2D eigenvalue weighted by Crippen LogP contribution is 2.27. The summed E-state index contributed by atoms with van der Waals surface area (Å²) in [5, 5.41) is 9.45. The lowest BCUT2D eigenvalue weighted by Gasteiger charge is -2.19. The van der Waals surface area contributed by atoms with E-state index in [0.29, 0.717) is 24.1 Å². The average molecular weight is 468 g/mol. The van der Waals surface area contributed by atoms with Crippen LogP contribution in [0.5, 0.6) is 11.8 Å². The van der Waals surface area contributed by atoms with Gasteiger partial charge in [-0.3, -0.25) is 4.57 Å². The lowest BCUT2D eigenvalue weighted by Crippen LogP contribution is -2.29. The minimum absolute atomic E-state index is 0.0532. The number of aromatic amines is 1. The highest BCUT2D eigenvalue weighted by atomic mass is 32.2. The van der Waals surface area contributed by atoms with Gasteiger partial charge in [-0.1, -0.05) is 38.0 Å². The van der Waals surface area contributed by atoms with E-state index in [2.05, 4.69) is 40.7 Å². The number of aromatic nitrogens is 4. The molecule has 0 spiro atoms. The maximum atomic E-state index is 13.0. The second kappa shape index (κ2) is 8.64. The van der Waals surface area contributed by atoms with Gasteiger partial charge in [-0.15, -0.1) is 5.10 Å². The van der Waals surface area contributed by atoms with Crippen molar-refractivity contribution >= 4 is 20.9 Å². The van der Waals surface area contributed by atoms with E-state index >= 15 is 0 Å². The van der Waals surface area contributed by atoms with E-state index in [1.807, 2.05) is 49.5 Å². The summed E-state index contributed by atoms with van der Waals surface area (Å²) < 4.78 is 36.4. The summed E-state index contributed by atoms with van der Waals surface area (Å²) >= 11 is 0. The molecule has 2 N–H and O–H groups in total. The van der Waals surface area contributed by atoms with Gasteiger partial charge in [-0.2, -0.15) is 0 Å². The van der Waals surface area contributed by atoms with Crippen molar-refractivity contribution in [3.8, 4) is 11.8 Å². The highest BCUT2D eigenvalue weighted by Gasteiger charge is 2.24. The quantitative estimate of drug-likeness (QED) is 0.402. The second-order valence-electron chi connectivity index (χ2n) is 9.03. The molecule has 0 amide bonds. The standard InChI is InChI=1S/C24H29N5O3S/c1-6-29-22(26-27-23(29)32-19-10-7-17-13-14-25-21(17)15-19)16(2)28-33(30,31)20-11-8-18(9-12-20)24(3,4)5/h7-16,25,28H,6H2,1-5H3/t16-/m1/s1. The molecule has 0 saturated carbocycles. The molecule has 2 aromatic carbocycles. The molecule has 0 radical (unpaired) electrons. The Morgan fingerprint density at radius 2 is 1.82 bits per heavy atom. The maximum Gasteiger partial charge on any atom is 0.322 e. The number of ether oxygens (including phenoxy) is 1. The van der Waals surface area contributed by atoms with E-state index in [-0.39, 0.29) is 10.3 Å². The van der Waals surface area contributed by atoms with Crippen LogP contribution in [0.4, 0.5) is 0 Å². The molecule has 2 heterocycles. The number of H-pyrrole nitrogens is 1. The van der Waals surface area contributed by atoms with Crippen molar-refractivity contribution in [1.29, 1.82) is 0 Å². The van der Waals surface area contributed by atoms with Gasteiger partial charge < -0.3 is 9.72 Å². The van der Waals surface area contributed by atoms with Crippen LogP contribution in [0.15, 0.2) is 59.6 Å². The zero-order valence-electron chi connectivity index (χ0n) is 19.5. The first-order valence-corrected chi connectivity index (χ1v) is 12.4. The Kier molecular flexibility index (Phi) is 6.02. The molecule has 0 aliphatic carbocycles. The lowest BCUT2D eigenvalue weighted by molar-refractivity contribution is 0.408. The summed E-state index contributed by atoms with van der Waals surface area (Å²) in [7, 11) is -3.74. The number of benzene rings is 2. The fourth-order valence-corrected chi connectivity index (χ4v) is 4.88. The molecule has 0 unspecified atom stereocenters. The Hall–Kier alpha value is -3.17. The summed E-state index contributed by atoms with van der Waals surface area (Å²) in [5.74, 6) is 1.09. The summed E-state index contributed by atoms with van der Waals surface area (Å²) in [5.41, 5.74) is 1.97. The predicted molar refractivity (Wildman–Crippen MR) is 128 cm³/mol. The zero-order chi connectivity index (χ0) is 23.8. The third kappa shape index (κ3) is 4.79. The van der Waals surface area contributed by atoms with E-state index in [9.17, 15) is 8.42 Å². The Morgan fingerprint density at radius 1 is 1.09 bits per heavy atom. The van der Waals surface area contributed by atoms with Crippen molar-refractivity contribution in [3.05, 3.63) is 66.1 Å². The van der Waals surface area contributed by atoms with Crippen LogP contribution in [0, 0.1) is 0 Å². The molecule has 2 aromatic heterocycles. The zero-order valence-corrected chi connectivity index (χ0v) is 20.3. The molecule has 0 bridgehead atoms. The minimum atomic E-state index is -3.74. The Labute approximate surface area is 194 Å². The normalized spacial score (nSPS) is 13.4. The van der Waals surface area contributed by atoms with Gasteiger partial charge >= 0.3 is 6.01 Å². The number of nitrogens with one attached hydrogen (secondary N) is 2. The van der Waals surface area contributed by atoms with Crippen molar-refractivity contribution in [2.24, 2.45) is 0 Å². The molecule has 9 heteroatoms. The van der Waals surface area contributed by atoms with Gasteiger partial charge in [0.2, 0.25) is 10.0 Å². The van der Waals surface area contributed by atoms with Crippen LogP contribution in [0.2, 0.25) is 0 Å². The maximum absolute atomic E-state index is 13.0. The van der Waals surface area contributed by atoms with Gasteiger partial charge in [-0.05, 0) is 60.5 Å². The van der Waals surface area contributed by atoms with Crippen LogP contribution in [0.1, 0.15) is 52.0 Å². The average Bonchev–Trinajstić information content (AvgIpc) is 3.39. The third-order valence-corrected chi connectivity index (χ3v) is 7.10. The topological polar surface area (TPSA) is 102 Å². The van der Waals surface area contributed by atoms with Crippen molar-refractivity contribution < 1.29 is 13.2 Å². The molecule has 4 aromatic rings. The Morgan fingerprint density at radius 3 is 2.48 bits per heavy atom. The smallest absolute Gasteiger partial charge is 0.322 e. The van der Waals surface area contributed by atoms with Gasteiger partial charge in [0, 0.05) is 24.3 Å². The first kappa shape index (κ1) is 23.0. The molecule has 1 atom stereocenters. The molecule has 0 aliphatic heterocycles. The van der Waals surface area contributed by atoms with Gasteiger partial charge in [0.25, 0.3) is 0 Å². The summed E-state index contributed by atoms with van der Waals surface area (Å²) in [6.07, 6.45) is 1.87. The molecule has 0 saturated heterocycles. The van der Waals surface area contributed by atoms with E-state index < -0.39 is 16.1 Å². The van der Waals surface area contributed by atoms with Gasteiger partial charge in [0.05, 0.1) is 10.9 Å². The summed E-state index contributed by atoms with van der Waals surface area (Å²) in [6, 6.07) is 14.3. The predicted octanol–water partition coefficient (Wildman–Crippen LogP) is 4.91. The van der Waals surface area contributed by atoms with Crippen LogP contribution in [-0.4, -0.2) is 28.2 Å². The largest absolute Gasteiger partial charge is 0.424 e. The molecule has 8 nitrogen and oxygen atoms in total. The van der Waals surface area contributed by atoms with Crippen LogP contribution >= 0.6 is 0 Å². The first-order chi connectivity index (χ1) is 15.6. The molecular weight excluding hydrogens is 438 g/mol. The van der Waals surface area contributed by atoms with Crippen LogP contribution in [0.25, 0.3) is 10.9 Å². The molecular formula is C24H29N5O3S. The van der Waals surface area contributed by atoms with Crippen molar-refractivity contribution in [3.63, 3.8) is 0 Å². The van der Waals surface area contributed by atoms with E-state index in [1.54, 1.807) is 23.6 Å². The van der Waals surface area contributed by atoms with Crippen molar-refractivity contribution in [2.45, 2.75) is 57.5 Å². The number of sulfonamides is 1. The van der Waals surface area contributed by atoms with E-state index in [1.165, 1.54) is 0 Å². The fraction of sp³-hybridized carbons (Fsp3) is 0.333. The van der Waals surface area contributed by atoms with Crippen LogP contribution in [-0.2, 0) is 22.0 Å². The number of rotatable bonds is 7. The monoisotopic (exact) mass is 467 g/mol. The Bertz CT molecular complexity index is 1370.